The van der Waals surface area contributed by atoms with E-state index in [-0.39, 0.29) is 17.3 Å². The van der Waals surface area contributed by atoms with Gasteiger partial charge in [-0.3, -0.25) is 4.57 Å². The molecule has 0 aliphatic heterocycles. The molecule has 0 amide bonds. The summed E-state index contributed by atoms with van der Waals surface area (Å²) in [4.78, 5) is 22.5. The SMILES string of the molecule is COc1c(-c2nc(-c3cccc(-n4c(C)c[nH]c4=O)c3)no2)ccnc1F. The summed E-state index contributed by atoms with van der Waals surface area (Å²) in [6.07, 6.45) is 2.92. The van der Waals surface area contributed by atoms with Crippen molar-refractivity contribution < 1.29 is 13.7 Å². The van der Waals surface area contributed by atoms with Crippen molar-refractivity contribution in [1.29, 1.82) is 0 Å². The number of hydrogen-bond acceptors (Lipinski definition) is 6. The van der Waals surface area contributed by atoms with E-state index in [1.807, 2.05) is 6.92 Å². The number of hydrogen-bond donors (Lipinski definition) is 1. The zero-order valence-corrected chi connectivity index (χ0v) is 14.4. The fourth-order valence-corrected chi connectivity index (χ4v) is 2.80. The van der Waals surface area contributed by atoms with Crippen LogP contribution in [0, 0.1) is 12.9 Å². The van der Waals surface area contributed by atoms with E-state index in [4.69, 9.17) is 9.26 Å². The number of halogens is 1. The lowest BCUT2D eigenvalue weighted by Crippen LogP contribution is -2.15. The first-order valence-electron chi connectivity index (χ1n) is 7.99. The molecular formula is C18H14FN5O3. The molecule has 0 spiro atoms. The number of nitrogens with one attached hydrogen (secondary N) is 1. The summed E-state index contributed by atoms with van der Waals surface area (Å²) >= 11 is 0. The summed E-state index contributed by atoms with van der Waals surface area (Å²) < 4.78 is 25.6. The normalized spacial score (nSPS) is 10.9. The van der Waals surface area contributed by atoms with Crippen LogP contribution in [-0.4, -0.2) is 31.8 Å². The summed E-state index contributed by atoms with van der Waals surface area (Å²) in [5, 5.41) is 3.96. The van der Waals surface area contributed by atoms with Crippen LogP contribution in [0.5, 0.6) is 5.75 Å². The summed E-state index contributed by atoms with van der Waals surface area (Å²) in [5.41, 5.74) is 2.13. The van der Waals surface area contributed by atoms with Crippen LogP contribution >= 0.6 is 0 Å². The lowest BCUT2D eigenvalue weighted by atomic mass is 10.2. The Hall–Kier alpha value is -3.75. The van der Waals surface area contributed by atoms with Crippen LogP contribution in [0.25, 0.3) is 28.5 Å². The third-order valence-electron chi connectivity index (χ3n) is 4.04. The van der Waals surface area contributed by atoms with Crippen LogP contribution in [0.15, 0.2) is 52.0 Å². The molecule has 8 nitrogen and oxygen atoms in total. The Morgan fingerprint density at radius 2 is 2.15 bits per heavy atom. The predicted molar refractivity (Wildman–Crippen MR) is 94.2 cm³/mol. The van der Waals surface area contributed by atoms with Crippen molar-refractivity contribution in [3.05, 3.63) is 64.9 Å². The first-order chi connectivity index (χ1) is 13.1. The molecule has 0 fully saturated rings. The number of H-pyrrole nitrogens is 1. The highest BCUT2D eigenvalue weighted by molar-refractivity contribution is 5.65. The molecule has 0 radical (unpaired) electrons. The molecule has 0 atom stereocenters. The molecule has 9 heteroatoms. The number of aromatic nitrogens is 5. The molecule has 27 heavy (non-hydrogen) atoms. The maximum absolute atomic E-state index is 13.8. The van der Waals surface area contributed by atoms with Crippen LogP contribution in [0.2, 0.25) is 0 Å². The predicted octanol–water partition coefficient (Wildman–Crippen LogP) is 2.73. The number of pyridine rings is 1. The van der Waals surface area contributed by atoms with Gasteiger partial charge >= 0.3 is 5.69 Å². The second-order valence-electron chi connectivity index (χ2n) is 5.73. The van der Waals surface area contributed by atoms with Gasteiger partial charge in [0.15, 0.2) is 5.75 Å². The zero-order chi connectivity index (χ0) is 19.0. The van der Waals surface area contributed by atoms with Crippen LogP contribution < -0.4 is 10.4 Å². The number of aromatic amines is 1. The van der Waals surface area contributed by atoms with Crippen molar-refractivity contribution in [2.45, 2.75) is 6.92 Å². The maximum atomic E-state index is 13.8. The number of benzene rings is 1. The van der Waals surface area contributed by atoms with E-state index in [0.717, 1.165) is 5.69 Å². The Bertz CT molecular complexity index is 1180. The molecular weight excluding hydrogens is 353 g/mol. The molecule has 4 rings (SSSR count). The minimum atomic E-state index is -0.765. The third-order valence-corrected chi connectivity index (χ3v) is 4.04. The average molecular weight is 367 g/mol. The number of aryl methyl sites for hydroxylation is 1. The van der Waals surface area contributed by atoms with Gasteiger partial charge in [0, 0.05) is 23.7 Å². The highest BCUT2D eigenvalue weighted by Crippen LogP contribution is 2.31. The Kier molecular flexibility index (Phi) is 4.03. The lowest BCUT2D eigenvalue weighted by Gasteiger charge is -2.05. The molecule has 4 aromatic rings. The number of ether oxygens (including phenoxy) is 1. The first-order valence-corrected chi connectivity index (χ1v) is 7.99. The molecule has 136 valence electrons. The number of rotatable bonds is 4. The van der Waals surface area contributed by atoms with Crippen molar-refractivity contribution in [1.82, 2.24) is 24.7 Å². The van der Waals surface area contributed by atoms with Gasteiger partial charge in [-0.1, -0.05) is 17.3 Å². The minimum absolute atomic E-state index is 0.0732. The summed E-state index contributed by atoms with van der Waals surface area (Å²) in [7, 11) is 1.33. The van der Waals surface area contributed by atoms with Gasteiger partial charge in [0.1, 0.15) is 0 Å². The summed E-state index contributed by atoms with van der Waals surface area (Å²) in [5.74, 6) is -0.439. The molecule has 1 aromatic carbocycles. The molecule has 0 aliphatic carbocycles. The van der Waals surface area contributed by atoms with E-state index in [1.54, 1.807) is 30.5 Å². The van der Waals surface area contributed by atoms with Crippen molar-refractivity contribution in [3.63, 3.8) is 0 Å². The third kappa shape index (κ3) is 2.88. The molecule has 0 aliphatic rings. The molecule has 0 bridgehead atoms. The van der Waals surface area contributed by atoms with Gasteiger partial charge in [0.2, 0.25) is 5.82 Å². The Morgan fingerprint density at radius 1 is 1.30 bits per heavy atom. The zero-order valence-electron chi connectivity index (χ0n) is 14.4. The second kappa shape index (κ2) is 6.52. The van der Waals surface area contributed by atoms with Crippen LogP contribution in [-0.2, 0) is 0 Å². The van der Waals surface area contributed by atoms with E-state index in [0.29, 0.717) is 22.6 Å². The van der Waals surface area contributed by atoms with Crippen LogP contribution in [0.1, 0.15) is 5.69 Å². The smallest absolute Gasteiger partial charge is 0.330 e. The number of methoxy groups -OCH3 is 1. The average Bonchev–Trinajstić information content (AvgIpc) is 3.28. The Labute approximate surface area is 152 Å². The highest BCUT2D eigenvalue weighted by atomic mass is 19.1. The quantitative estimate of drug-likeness (QED) is 0.557. The Balaban J connectivity index is 1.76. The van der Waals surface area contributed by atoms with Crippen molar-refractivity contribution in [2.75, 3.05) is 7.11 Å². The largest absolute Gasteiger partial charge is 0.491 e. The van der Waals surface area contributed by atoms with Crippen LogP contribution in [0.3, 0.4) is 0 Å². The fourth-order valence-electron chi connectivity index (χ4n) is 2.80. The van der Waals surface area contributed by atoms with Gasteiger partial charge < -0.3 is 14.2 Å². The first kappa shape index (κ1) is 16.7. The number of nitrogens with zero attached hydrogens (tertiary/aromatic N) is 4. The standard InChI is InChI=1S/C18H14FN5O3/c1-10-9-21-18(25)24(10)12-5-3-4-11(8-12)16-22-17(27-23-16)13-6-7-20-15(19)14(13)26-2/h3-9H,1-2H3,(H,21,25). The van der Waals surface area contributed by atoms with Gasteiger partial charge in [0.05, 0.1) is 18.4 Å². The van der Waals surface area contributed by atoms with E-state index in [9.17, 15) is 9.18 Å². The minimum Gasteiger partial charge on any atom is -0.491 e. The lowest BCUT2D eigenvalue weighted by molar-refractivity contribution is 0.374. The molecule has 0 unspecified atom stereocenters. The summed E-state index contributed by atoms with van der Waals surface area (Å²) in [6, 6.07) is 8.66. The van der Waals surface area contributed by atoms with Gasteiger partial charge in [-0.25, -0.2) is 9.78 Å². The molecule has 1 N–H and O–H groups in total. The van der Waals surface area contributed by atoms with Gasteiger partial charge in [-0.15, -0.1) is 0 Å². The molecule has 3 heterocycles. The number of imidazole rings is 1. The Morgan fingerprint density at radius 3 is 2.89 bits per heavy atom. The van der Waals surface area contributed by atoms with Gasteiger partial charge in [-0.2, -0.15) is 9.37 Å². The monoisotopic (exact) mass is 367 g/mol. The van der Waals surface area contributed by atoms with Gasteiger partial charge in [-0.05, 0) is 25.1 Å². The summed E-state index contributed by atoms with van der Waals surface area (Å²) in [6.45, 7) is 1.82. The topological polar surface area (TPSA) is 98.8 Å². The van der Waals surface area contributed by atoms with Crippen LogP contribution in [0.4, 0.5) is 4.39 Å². The fraction of sp³-hybridized carbons (Fsp3) is 0.111. The van der Waals surface area contributed by atoms with E-state index in [2.05, 4.69) is 20.1 Å². The van der Waals surface area contributed by atoms with Crippen molar-refractivity contribution in [2.24, 2.45) is 0 Å². The molecule has 0 saturated heterocycles. The van der Waals surface area contributed by atoms with E-state index < -0.39 is 5.95 Å². The van der Waals surface area contributed by atoms with Crippen molar-refractivity contribution >= 4 is 0 Å². The van der Waals surface area contributed by atoms with Crippen molar-refractivity contribution in [3.8, 4) is 34.3 Å². The molecule has 0 saturated carbocycles. The van der Waals surface area contributed by atoms with E-state index in [1.165, 1.54) is 23.9 Å². The maximum Gasteiger partial charge on any atom is 0.330 e. The highest BCUT2D eigenvalue weighted by Gasteiger charge is 2.18. The van der Waals surface area contributed by atoms with E-state index >= 15 is 0 Å². The second-order valence-corrected chi connectivity index (χ2v) is 5.73. The van der Waals surface area contributed by atoms with Gasteiger partial charge in [0.25, 0.3) is 11.8 Å². The molecule has 3 aromatic heterocycles.